The molecule has 0 aliphatic carbocycles. The molecule has 0 unspecified atom stereocenters. The first-order valence-corrected chi connectivity index (χ1v) is 10.7. The molecule has 0 bridgehead atoms. The summed E-state index contributed by atoms with van der Waals surface area (Å²) in [6.45, 7) is 1.71. The Morgan fingerprint density at radius 2 is 1.85 bits per heavy atom. The topological polar surface area (TPSA) is 62.7 Å². The highest BCUT2D eigenvalue weighted by Gasteiger charge is 2.18. The van der Waals surface area contributed by atoms with E-state index in [4.69, 9.17) is 4.98 Å². The zero-order valence-electron chi connectivity index (χ0n) is 18.7. The van der Waals surface area contributed by atoms with Crippen LogP contribution in [0.1, 0.15) is 5.56 Å². The van der Waals surface area contributed by atoms with Gasteiger partial charge in [-0.2, -0.15) is 10.4 Å². The van der Waals surface area contributed by atoms with Gasteiger partial charge in [0, 0.05) is 48.2 Å². The fourth-order valence-corrected chi connectivity index (χ4v) is 4.24. The molecule has 7 heteroatoms. The van der Waals surface area contributed by atoms with Gasteiger partial charge >= 0.3 is 0 Å². The minimum absolute atomic E-state index is 0.0285. The average molecular weight is 439 g/mol. The number of hydrogen-bond donors (Lipinski definition) is 0. The van der Waals surface area contributed by atoms with Crippen molar-refractivity contribution < 1.29 is 4.39 Å². The van der Waals surface area contributed by atoms with Crippen molar-refractivity contribution in [2.24, 2.45) is 7.05 Å². The van der Waals surface area contributed by atoms with Crippen molar-refractivity contribution in [1.82, 2.24) is 24.2 Å². The van der Waals surface area contributed by atoms with Gasteiger partial charge in [-0.3, -0.25) is 9.67 Å². The third-order valence-corrected chi connectivity index (χ3v) is 6.01. The molecule has 0 saturated carbocycles. The van der Waals surface area contributed by atoms with Gasteiger partial charge in [0.05, 0.1) is 34.7 Å². The highest BCUT2D eigenvalue weighted by molar-refractivity contribution is 6.02. The van der Waals surface area contributed by atoms with Gasteiger partial charge in [0.15, 0.2) is 0 Å². The van der Waals surface area contributed by atoms with Crippen molar-refractivity contribution in [3.8, 4) is 28.5 Å². The Morgan fingerprint density at radius 3 is 2.61 bits per heavy atom. The average Bonchev–Trinajstić information content (AvgIpc) is 3.40. The molecule has 0 N–H and O–H groups in total. The monoisotopic (exact) mass is 438 g/mol. The van der Waals surface area contributed by atoms with Crippen LogP contribution in [0.2, 0.25) is 0 Å². The van der Waals surface area contributed by atoms with Crippen LogP contribution in [-0.2, 0) is 13.6 Å². The minimum atomic E-state index is -0.535. The highest BCUT2D eigenvalue weighted by atomic mass is 19.1. The Hall–Kier alpha value is -4.02. The predicted octanol–water partition coefficient (Wildman–Crippen LogP) is 4.83. The molecule has 2 aromatic carbocycles. The number of hydrogen-bond acceptors (Lipinski definition) is 4. The number of pyridine rings is 1. The summed E-state index contributed by atoms with van der Waals surface area (Å²) in [6.07, 6.45) is 5.76. The van der Waals surface area contributed by atoms with Crippen LogP contribution in [-0.4, -0.2) is 44.9 Å². The zero-order chi connectivity index (χ0) is 23.1. The van der Waals surface area contributed by atoms with E-state index in [0.717, 1.165) is 51.7 Å². The summed E-state index contributed by atoms with van der Waals surface area (Å²) in [5.41, 5.74) is 5.28. The summed E-state index contributed by atoms with van der Waals surface area (Å²) in [6, 6.07) is 14.8. The summed E-state index contributed by atoms with van der Waals surface area (Å²) in [4.78, 5) is 6.98. The highest BCUT2D eigenvalue weighted by Crippen LogP contribution is 2.38. The number of fused-ring (bicyclic) bond motifs is 2. The predicted molar refractivity (Wildman–Crippen MR) is 128 cm³/mol. The molecule has 5 rings (SSSR count). The van der Waals surface area contributed by atoms with E-state index in [0.29, 0.717) is 5.56 Å². The number of aryl methyl sites for hydroxylation is 1. The van der Waals surface area contributed by atoms with E-state index in [-0.39, 0.29) is 5.56 Å². The van der Waals surface area contributed by atoms with Gasteiger partial charge in [-0.1, -0.05) is 12.1 Å². The molecule has 0 aliphatic heterocycles. The second-order valence-electron chi connectivity index (χ2n) is 8.44. The normalized spacial score (nSPS) is 11.5. The van der Waals surface area contributed by atoms with Gasteiger partial charge in [0.2, 0.25) is 0 Å². The van der Waals surface area contributed by atoms with Gasteiger partial charge in [-0.05, 0) is 50.0 Å². The van der Waals surface area contributed by atoms with Crippen molar-refractivity contribution >= 4 is 21.8 Å². The number of nitriles is 1. The number of nitrogens with zero attached hydrogens (tertiary/aromatic N) is 6. The lowest BCUT2D eigenvalue weighted by atomic mass is 9.95. The van der Waals surface area contributed by atoms with Crippen LogP contribution in [0.25, 0.3) is 44.2 Å². The van der Waals surface area contributed by atoms with Crippen LogP contribution < -0.4 is 0 Å². The number of halogens is 1. The molecular formula is C26H23FN6. The molecule has 0 amide bonds. The summed E-state index contributed by atoms with van der Waals surface area (Å²) in [7, 11) is 6.00. The molecule has 33 heavy (non-hydrogen) atoms. The van der Waals surface area contributed by atoms with E-state index in [1.54, 1.807) is 6.07 Å². The summed E-state index contributed by atoms with van der Waals surface area (Å²) in [5.74, 6) is -0.535. The molecule has 0 saturated heterocycles. The van der Waals surface area contributed by atoms with Gasteiger partial charge in [-0.15, -0.1) is 0 Å². The first-order chi connectivity index (χ1) is 16.0. The third kappa shape index (κ3) is 3.65. The van der Waals surface area contributed by atoms with E-state index in [2.05, 4.69) is 26.7 Å². The van der Waals surface area contributed by atoms with Crippen molar-refractivity contribution in [1.29, 1.82) is 5.26 Å². The Kier molecular flexibility index (Phi) is 5.15. The van der Waals surface area contributed by atoms with E-state index >= 15 is 0 Å². The number of benzene rings is 2. The van der Waals surface area contributed by atoms with Crippen LogP contribution in [0.3, 0.4) is 0 Å². The molecule has 3 heterocycles. The standard InChI is InChI=1S/C26H23FN6/c1-31(2)10-11-33-9-8-21-24(33)16-29-26(18-6-7-23-20(12-18)15-30-32(23)3)25(21)17-4-5-19(14-28)22(27)13-17/h4-9,12-13,15-16H,10-11H2,1-3H3. The summed E-state index contributed by atoms with van der Waals surface area (Å²) < 4.78 is 18.6. The lowest BCUT2D eigenvalue weighted by molar-refractivity contribution is 0.387. The van der Waals surface area contributed by atoms with Crippen molar-refractivity contribution in [3.05, 3.63) is 72.4 Å². The maximum absolute atomic E-state index is 14.6. The largest absolute Gasteiger partial charge is 0.345 e. The van der Waals surface area contributed by atoms with E-state index in [1.807, 2.05) is 62.6 Å². The Labute approximate surface area is 191 Å². The lowest BCUT2D eigenvalue weighted by Gasteiger charge is -2.14. The zero-order valence-corrected chi connectivity index (χ0v) is 18.7. The van der Waals surface area contributed by atoms with Gasteiger partial charge in [0.25, 0.3) is 0 Å². The van der Waals surface area contributed by atoms with E-state index < -0.39 is 5.82 Å². The minimum Gasteiger partial charge on any atom is -0.345 e. The number of rotatable bonds is 5. The molecule has 3 aromatic heterocycles. The van der Waals surface area contributed by atoms with E-state index in [9.17, 15) is 9.65 Å². The Morgan fingerprint density at radius 1 is 1.03 bits per heavy atom. The molecule has 0 fully saturated rings. The van der Waals surface area contributed by atoms with Gasteiger partial charge in [-0.25, -0.2) is 4.39 Å². The molecule has 0 radical (unpaired) electrons. The van der Waals surface area contributed by atoms with Crippen LogP contribution in [0, 0.1) is 17.1 Å². The van der Waals surface area contributed by atoms with Crippen molar-refractivity contribution in [2.75, 3.05) is 20.6 Å². The molecular weight excluding hydrogens is 415 g/mol. The Bertz CT molecular complexity index is 1540. The van der Waals surface area contributed by atoms with Gasteiger partial charge in [0.1, 0.15) is 11.9 Å². The van der Waals surface area contributed by atoms with Crippen molar-refractivity contribution in [2.45, 2.75) is 6.54 Å². The molecule has 5 aromatic rings. The SMILES string of the molecule is CN(C)CCn1ccc2c(-c3ccc(C#N)c(F)c3)c(-c3ccc4c(cnn4C)c3)ncc21. The molecule has 0 aliphatic rings. The van der Waals surface area contributed by atoms with Crippen LogP contribution >= 0.6 is 0 Å². The maximum atomic E-state index is 14.6. The van der Waals surface area contributed by atoms with Crippen molar-refractivity contribution in [3.63, 3.8) is 0 Å². The fourth-order valence-electron chi connectivity index (χ4n) is 4.24. The summed E-state index contributed by atoms with van der Waals surface area (Å²) >= 11 is 0. The third-order valence-electron chi connectivity index (χ3n) is 6.01. The van der Waals surface area contributed by atoms with Crippen LogP contribution in [0.5, 0.6) is 0 Å². The fraction of sp³-hybridized carbons (Fsp3) is 0.192. The van der Waals surface area contributed by atoms with Crippen LogP contribution in [0.4, 0.5) is 4.39 Å². The lowest BCUT2D eigenvalue weighted by Crippen LogP contribution is -2.17. The molecule has 164 valence electrons. The number of aromatic nitrogens is 4. The first kappa shape index (κ1) is 20.9. The van der Waals surface area contributed by atoms with Gasteiger partial charge < -0.3 is 9.47 Å². The second kappa shape index (κ2) is 8.15. The molecule has 6 nitrogen and oxygen atoms in total. The first-order valence-electron chi connectivity index (χ1n) is 10.7. The summed E-state index contributed by atoms with van der Waals surface area (Å²) in [5, 5.41) is 15.5. The maximum Gasteiger partial charge on any atom is 0.141 e. The number of likely N-dealkylation sites (N-methyl/N-ethyl adjacent to an activating group) is 1. The second-order valence-corrected chi connectivity index (χ2v) is 8.44. The quantitative estimate of drug-likeness (QED) is 0.394. The smallest absolute Gasteiger partial charge is 0.141 e. The molecule has 0 atom stereocenters. The molecule has 0 spiro atoms. The van der Waals surface area contributed by atoms with E-state index in [1.165, 1.54) is 12.1 Å². The van der Waals surface area contributed by atoms with Crippen LogP contribution in [0.15, 0.2) is 61.1 Å². The Balaban J connectivity index is 1.75.